The fourth-order valence-electron chi connectivity index (χ4n) is 2.84. The summed E-state index contributed by atoms with van der Waals surface area (Å²) in [6.07, 6.45) is 2.21. The summed E-state index contributed by atoms with van der Waals surface area (Å²) in [7, 11) is 0. The number of hydrogen-bond acceptors (Lipinski definition) is 3. The number of nitrogens with two attached hydrogens (primary N) is 1. The van der Waals surface area contributed by atoms with Gasteiger partial charge in [-0.2, -0.15) is 0 Å². The minimum Gasteiger partial charge on any atom is -0.378 e. The second-order valence-corrected chi connectivity index (χ2v) is 7.15. The maximum atomic E-state index is 6.09. The minimum absolute atomic E-state index is 0.0551. The van der Waals surface area contributed by atoms with Gasteiger partial charge in [-0.3, -0.25) is 0 Å². The molecule has 0 amide bonds. The third-order valence-electron chi connectivity index (χ3n) is 4.09. The molecule has 0 saturated carbocycles. The molecule has 4 heteroatoms. The molecule has 0 radical (unpaired) electrons. The number of benzene rings is 1. The van der Waals surface area contributed by atoms with Crippen molar-refractivity contribution in [3.8, 4) is 0 Å². The number of anilines is 1. The zero-order valence-electron chi connectivity index (χ0n) is 12.6. The van der Waals surface area contributed by atoms with E-state index in [0.29, 0.717) is 12.5 Å². The number of halogens is 1. The molecule has 2 unspecified atom stereocenters. The van der Waals surface area contributed by atoms with E-state index in [-0.39, 0.29) is 11.6 Å². The minimum atomic E-state index is -0.0551. The Hall–Kier alpha value is -0.580. The van der Waals surface area contributed by atoms with E-state index in [1.807, 2.05) is 0 Å². The zero-order chi connectivity index (χ0) is 14.8. The van der Waals surface area contributed by atoms with Crippen LogP contribution in [-0.2, 0) is 4.74 Å². The maximum Gasteiger partial charge on any atom is 0.0620 e. The molecule has 0 spiro atoms. The van der Waals surface area contributed by atoms with Crippen LogP contribution in [0.3, 0.4) is 0 Å². The summed E-state index contributed by atoms with van der Waals surface area (Å²) in [6.45, 7) is 7.93. The van der Waals surface area contributed by atoms with Crippen LogP contribution in [-0.4, -0.2) is 24.8 Å². The smallest absolute Gasteiger partial charge is 0.0620 e. The summed E-state index contributed by atoms with van der Waals surface area (Å²) < 4.78 is 6.97. The number of aryl methyl sites for hydroxylation is 1. The van der Waals surface area contributed by atoms with Gasteiger partial charge in [0.15, 0.2) is 0 Å². The second kappa shape index (κ2) is 6.46. The van der Waals surface area contributed by atoms with E-state index in [2.05, 4.69) is 60.2 Å². The molecular formula is C16H25BrN2O. The standard InChI is InChI=1S/C16H25BrN2O/c1-11(2)15-9-16(10-18,4-5-20-15)19-14-7-12(3)6-13(17)8-14/h6-8,11,15,19H,4-5,9-10,18H2,1-3H3. The third kappa shape index (κ3) is 3.74. The lowest BCUT2D eigenvalue weighted by molar-refractivity contribution is -0.0357. The summed E-state index contributed by atoms with van der Waals surface area (Å²) in [5, 5.41) is 3.68. The van der Waals surface area contributed by atoms with Crippen LogP contribution >= 0.6 is 15.9 Å². The molecule has 0 aromatic heterocycles. The molecule has 112 valence electrons. The van der Waals surface area contributed by atoms with E-state index in [4.69, 9.17) is 10.5 Å². The highest BCUT2D eigenvalue weighted by Crippen LogP contribution is 2.32. The number of nitrogens with one attached hydrogen (secondary N) is 1. The van der Waals surface area contributed by atoms with Gasteiger partial charge in [-0.05, 0) is 49.4 Å². The fourth-order valence-corrected chi connectivity index (χ4v) is 3.45. The van der Waals surface area contributed by atoms with Gasteiger partial charge in [-0.15, -0.1) is 0 Å². The molecule has 3 nitrogen and oxygen atoms in total. The van der Waals surface area contributed by atoms with Crippen LogP contribution in [0.15, 0.2) is 22.7 Å². The quantitative estimate of drug-likeness (QED) is 0.878. The molecule has 20 heavy (non-hydrogen) atoms. The van der Waals surface area contributed by atoms with Crippen LogP contribution < -0.4 is 11.1 Å². The fraction of sp³-hybridized carbons (Fsp3) is 0.625. The SMILES string of the molecule is Cc1cc(Br)cc(NC2(CN)CCOC(C(C)C)C2)c1. The molecule has 1 saturated heterocycles. The number of ether oxygens (including phenoxy) is 1. The van der Waals surface area contributed by atoms with E-state index in [1.165, 1.54) is 5.56 Å². The van der Waals surface area contributed by atoms with Crippen LogP contribution in [0.25, 0.3) is 0 Å². The topological polar surface area (TPSA) is 47.3 Å². The summed E-state index contributed by atoms with van der Waals surface area (Å²) in [4.78, 5) is 0. The lowest BCUT2D eigenvalue weighted by Crippen LogP contribution is -2.53. The zero-order valence-corrected chi connectivity index (χ0v) is 14.2. The highest BCUT2D eigenvalue weighted by atomic mass is 79.9. The largest absolute Gasteiger partial charge is 0.378 e. The molecule has 1 aliphatic heterocycles. The number of hydrogen-bond donors (Lipinski definition) is 2. The van der Waals surface area contributed by atoms with Gasteiger partial charge < -0.3 is 15.8 Å². The first-order valence-electron chi connectivity index (χ1n) is 7.31. The van der Waals surface area contributed by atoms with Gasteiger partial charge >= 0.3 is 0 Å². The Morgan fingerprint density at radius 2 is 2.20 bits per heavy atom. The van der Waals surface area contributed by atoms with Crippen LogP contribution in [0.4, 0.5) is 5.69 Å². The van der Waals surface area contributed by atoms with E-state index < -0.39 is 0 Å². The second-order valence-electron chi connectivity index (χ2n) is 6.23. The average molecular weight is 341 g/mol. The molecule has 1 aromatic rings. The summed E-state index contributed by atoms with van der Waals surface area (Å²) in [5.41, 5.74) is 8.41. The van der Waals surface area contributed by atoms with Crippen molar-refractivity contribution in [1.82, 2.24) is 0 Å². The first-order chi connectivity index (χ1) is 9.44. The summed E-state index contributed by atoms with van der Waals surface area (Å²) in [6, 6.07) is 6.40. The Morgan fingerprint density at radius 3 is 2.80 bits per heavy atom. The molecule has 1 heterocycles. The normalized spacial score (nSPS) is 26.8. The van der Waals surface area contributed by atoms with Gasteiger partial charge in [0.05, 0.1) is 11.6 Å². The van der Waals surface area contributed by atoms with Crippen LogP contribution in [0, 0.1) is 12.8 Å². The summed E-state index contributed by atoms with van der Waals surface area (Å²) >= 11 is 3.56. The Kier molecular flexibility index (Phi) is 5.10. The first kappa shape index (κ1) is 15.8. The molecule has 1 aliphatic rings. The molecule has 3 N–H and O–H groups in total. The van der Waals surface area contributed by atoms with Gasteiger partial charge in [0.2, 0.25) is 0 Å². The van der Waals surface area contributed by atoms with E-state index in [1.54, 1.807) is 0 Å². The van der Waals surface area contributed by atoms with Crippen molar-refractivity contribution in [2.24, 2.45) is 11.7 Å². The van der Waals surface area contributed by atoms with Crippen molar-refractivity contribution in [2.45, 2.75) is 45.3 Å². The first-order valence-corrected chi connectivity index (χ1v) is 8.10. The van der Waals surface area contributed by atoms with Gasteiger partial charge in [0, 0.05) is 23.3 Å². The van der Waals surface area contributed by atoms with E-state index in [0.717, 1.165) is 29.6 Å². The van der Waals surface area contributed by atoms with Gasteiger partial charge in [0.1, 0.15) is 0 Å². The van der Waals surface area contributed by atoms with E-state index >= 15 is 0 Å². The molecular weight excluding hydrogens is 316 g/mol. The van der Waals surface area contributed by atoms with Crippen molar-refractivity contribution in [3.05, 3.63) is 28.2 Å². The third-order valence-corrected chi connectivity index (χ3v) is 4.55. The lowest BCUT2D eigenvalue weighted by atomic mass is 9.83. The van der Waals surface area contributed by atoms with Gasteiger partial charge in [-0.25, -0.2) is 0 Å². The molecule has 0 bridgehead atoms. The van der Waals surface area contributed by atoms with Gasteiger partial charge in [0.25, 0.3) is 0 Å². The monoisotopic (exact) mass is 340 g/mol. The molecule has 1 fully saturated rings. The molecule has 0 aliphatic carbocycles. The lowest BCUT2D eigenvalue weighted by Gasteiger charge is -2.43. The summed E-state index contributed by atoms with van der Waals surface area (Å²) in [5.74, 6) is 0.521. The predicted molar refractivity (Wildman–Crippen MR) is 88.1 cm³/mol. The highest BCUT2D eigenvalue weighted by Gasteiger charge is 2.37. The Labute approximate surface area is 130 Å². The molecule has 2 rings (SSSR count). The molecule has 2 atom stereocenters. The highest BCUT2D eigenvalue weighted by molar-refractivity contribution is 9.10. The number of rotatable bonds is 4. The van der Waals surface area contributed by atoms with Crippen molar-refractivity contribution in [1.29, 1.82) is 0 Å². The Morgan fingerprint density at radius 1 is 1.45 bits per heavy atom. The van der Waals surface area contributed by atoms with Crippen LogP contribution in [0.2, 0.25) is 0 Å². The van der Waals surface area contributed by atoms with Crippen LogP contribution in [0.1, 0.15) is 32.3 Å². The van der Waals surface area contributed by atoms with Crippen molar-refractivity contribution in [2.75, 3.05) is 18.5 Å². The van der Waals surface area contributed by atoms with Crippen molar-refractivity contribution < 1.29 is 4.74 Å². The average Bonchev–Trinajstić information content (AvgIpc) is 2.37. The maximum absolute atomic E-state index is 6.09. The van der Waals surface area contributed by atoms with Crippen molar-refractivity contribution >= 4 is 21.6 Å². The van der Waals surface area contributed by atoms with E-state index in [9.17, 15) is 0 Å². The van der Waals surface area contributed by atoms with Gasteiger partial charge in [-0.1, -0.05) is 29.8 Å². The Bertz CT molecular complexity index is 444. The van der Waals surface area contributed by atoms with Crippen molar-refractivity contribution in [3.63, 3.8) is 0 Å². The predicted octanol–water partition coefficient (Wildman–Crippen LogP) is 3.70. The molecule has 1 aromatic carbocycles. The Balaban J connectivity index is 2.18. The van der Waals surface area contributed by atoms with Crippen LogP contribution in [0.5, 0.6) is 0 Å².